The van der Waals surface area contributed by atoms with E-state index in [4.69, 9.17) is 4.99 Å². The van der Waals surface area contributed by atoms with E-state index in [0.29, 0.717) is 5.41 Å². The number of aliphatic imine (C=N–C) groups is 1. The second kappa shape index (κ2) is 12.0. The van der Waals surface area contributed by atoms with E-state index in [2.05, 4.69) is 30.7 Å². The smallest absolute Gasteiger partial charge is 0.191 e. The number of unbranched alkanes of at least 4 members (excludes halogenated alkanes) is 1. The Bertz CT molecular complexity index is 266. The molecule has 120 valence electrons. The largest absolute Gasteiger partial charge is 0.357 e. The molecular formula is C15H32IN3S. The normalized spacial score (nSPS) is 17.6. The fourth-order valence-corrected chi connectivity index (χ4v) is 3.07. The summed E-state index contributed by atoms with van der Waals surface area (Å²) in [5.74, 6) is 2.26. The molecule has 0 radical (unpaired) electrons. The Kier molecular flexibility index (Phi) is 12.2. The van der Waals surface area contributed by atoms with Gasteiger partial charge in [-0.3, -0.25) is 4.99 Å². The van der Waals surface area contributed by atoms with Crippen LogP contribution >= 0.6 is 35.7 Å². The van der Waals surface area contributed by atoms with Gasteiger partial charge in [-0.1, -0.05) is 19.8 Å². The molecule has 0 unspecified atom stereocenters. The van der Waals surface area contributed by atoms with Crippen LogP contribution in [0.1, 0.15) is 52.4 Å². The second-order valence-corrected chi connectivity index (χ2v) is 6.83. The quantitative estimate of drug-likeness (QED) is 0.274. The number of guanidine groups is 1. The fourth-order valence-electron chi connectivity index (χ4n) is 2.58. The number of thioether (sulfide) groups is 1. The highest BCUT2D eigenvalue weighted by atomic mass is 127. The van der Waals surface area contributed by atoms with Gasteiger partial charge >= 0.3 is 0 Å². The molecule has 1 fully saturated rings. The third kappa shape index (κ3) is 8.60. The van der Waals surface area contributed by atoms with Gasteiger partial charge in [-0.15, -0.1) is 24.0 Å². The van der Waals surface area contributed by atoms with Crippen molar-refractivity contribution in [2.75, 3.05) is 31.6 Å². The van der Waals surface area contributed by atoms with Gasteiger partial charge in [-0.2, -0.15) is 11.8 Å². The molecule has 2 N–H and O–H groups in total. The van der Waals surface area contributed by atoms with Gasteiger partial charge in [0.2, 0.25) is 0 Å². The van der Waals surface area contributed by atoms with Gasteiger partial charge in [0.1, 0.15) is 0 Å². The van der Waals surface area contributed by atoms with Crippen LogP contribution in [0.4, 0.5) is 0 Å². The first-order chi connectivity index (χ1) is 9.20. The summed E-state index contributed by atoms with van der Waals surface area (Å²) in [6.07, 6.45) is 10.1. The summed E-state index contributed by atoms with van der Waals surface area (Å²) < 4.78 is 0. The highest BCUT2D eigenvalue weighted by Gasteiger charge is 2.28. The van der Waals surface area contributed by atoms with E-state index in [-0.39, 0.29) is 24.0 Å². The first-order valence-electron chi connectivity index (χ1n) is 7.71. The van der Waals surface area contributed by atoms with E-state index < -0.39 is 0 Å². The molecular weight excluding hydrogens is 381 g/mol. The summed E-state index contributed by atoms with van der Waals surface area (Å²) in [6, 6.07) is 0. The summed E-state index contributed by atoms with van der Waals surface area (Å²) in [5.41, 5.74) is 0.446. The fraction of sp³-hybridized carbons (Fsp3) is 0.933. The maximum atomic E-state index is 4.77. The number of nitrogens with zero attached hydrogens (tertiary/aromatic N) is 1. The molecule has 1 saturated carbocycles. The number of nitrogens with one attached hydrogen (secondary N) is 2. The first-order valence-corrected chi connectivity index (χ1v) is 9.11. The minimum atomic E-state index is 0. The summed E-state index contributed by atoms with van der Waals surface area (Å²) in [4.78, 5) is 4.77. The molecule has 5 heteroatoms. The minimum absolute atomic E-state index is 0. The highest BCUT2D eigenvalue weighted by molar-refractivity contribution is 14.0. The lowest BCUT2D eigenvalue weighted by Gasteiger charge is -2.21. The topological polar surface area (TPSA) is 36.4 Å². The lowest BCUT2D eigenvalue weighted by Crippen LogP contribution is -2.38. The zero-order chi connectivity index (χ0) is 14.0. The van der Waals surface area contributed by atoms with Crippen LogP contribution in [0.25, 0.3) is 0 Å². The van der Waals surface area contributed by atoms with Gasteiger partial charge in [0, 0.05) is 19.6 Å². The van der Waals surface area contributed by atoms with E-state index >= 15 is 0 Å². The van der Waals surface area contributed by atoms with E-state index in [1.54, 1.807) is 0 Å². The Balaban J connectivity index is 0.00000361. The Morgan fingerprint density at radius 1 is 1.20 bits per heavy atom. The van der Waals surface area contributed by atoms with Crippen LogP contribution in [-0.2, 0) is 0 Å². The summed E-state index contributed by atoms with van der Waals surface area (Å²) in [5, 5.41) is 6.80. The van der Waals surface area contributed by atoms with Gasteiger partial charge in [0.05, 0.1) is 0 Å². The van der Waals surface area contributed by atoms with Gasteiger partial charge in [0.15, 0.2) is 5.96 Å². The third-order valence-corrected chi connectivity index (χ3v) is 4.54. The zero-order valence-electron chi connectivity index (χ0n) is 13.3. The molecule has 1 aliphatic carbocycles. The second-order valence-electron chi connectivity index (χ2n) is 5.84. The predicted octanol–water partition coefficient (Wildman–Crippen LogP) is 3.88. The molecule has 1 rings (SSSR count). The van der Waals surface area contributed by atoms with Crippen LogP contribution in [-0.4, -0.2) is 37.6 Å². The van der Waals surface area contributed by atoms with E-state index in [1.165, 1.54) is 44.3 Å². The van der Waals surface area contributed by atoms with Crippen molar-refractivity contribution in [3.63, 3.8) is 0 Å². The molecule has 0 amide bonds. The number of rotatable bonds is 8. The first kappa shape index (κ1) is 20.3. The average molecular weight is 413 g/mol. The van der Waals surface area contributed by atoms with Crippen molar-refractivity contribution in [2.24, 2.45) is 10.4 Å². The van der Waals surface area contributed by atoms with Gasteiger partial charge in [0.25, 0.3) is 0 Å². The molecule has 0 spiro atoms. The molecule has 0 heterocycles. The van der Waals surface area contributed by atoms with Crippen molar-refractivity contribution in [1.29, 1.82) is 0 Å². The van der Waals surface area contributed by atoms with Gasteiger partial charge in [-0.05, 0) is 50.0 Å². The van der Waals surface area contributed by atoms with Crippen molar-refractivity contribution >= 4 is 41.7 Å². The summed E-state index contributed by atoms with van der Waals surface area (Å²) in [7, 11) is 0. The average Bonchev–Trinajstić information content (AvgIpc) is 2.83. The monoisotopic (exact) mass is 413 g/mol. The lowest BCUT2D eigenvalue weighted by molar-refractivity contribution is 0.350. The van der Waals surface area contributed by atoms with Crippen molar-refractivity contribution in [3.05, 3.63) is 0 Å². The van der Waals surface area contributed by atoms with Crippen molar-refractivity contribution in [2.45, 2.75) is 52.4 Å². The molecule has 20 heavy (non-hydrogen) atoms. The molecule has 0 atom stereocenters. The molecule has 3 nitrogen and oxygen atoms in total. The van der Waals surface area contributed by atoms with Crippen molar-refractivity contribution in [1.82, 2.24) is 10.6 Å². The highest BCUT2D eigenvalue weighted by Crippen LogP contribution is 2.37. The van der Waals surface area contributed by atoms with Crippen LogP contribution in [0, 0.1) is 5.41 Å². The maximum Gasteiger partial charge on any atom is 0.191 e. The number of hydrogen-bond donors (Lipinski definition) is 2. The molecule has 0 aromatic heterocycles. The van der Waals surface area contributed by atoms with Crippen LogP contribution in [0.5, 0.6) is 0 Å². The van der Waals surface area contributed by atoms with Crippen LogP contribution in [0.2, 0.25) is 0 Å². The molecule has 1 aliphatic rings. The van der Waals surface area contributed by atoms with Crippen molar-refractivity contribution in [3.8, 4) is 0 Å². The van der Waals surface area contributed by atoms with Crippen LogP contribution < -0.4 is 10.6 Å². The van der Waals surface area contributed by atoms with Crippen LogP contribution in [0.3, 0.4) is 0 Å². The number of hydrogen-bond acceptors (Lipinski definition) is 2. The third-order valence-electron chi connectivity index (χ3n) is 3.84. The van der Waals surface area contributed by atoms with Gasteiger partial charge < -0.3 is 10.6 Å². The molecule has 0 saturated heterocycles. The summed E-state index contributed by atoms with van der Waals surface area (Å²) >= 11 is 1.92. The molecule has 0 aromatic carbocycles. The Hall–Kier alpha value is 0.350. The Morgan fingerprint density at radius 2 is 1.90 bits per heavy atom. The molecule has 0 bridgehead atoms. The SMILES string of the molecule is CCNC(=NCC1(C)CCCC1)NCCCCSC.I. The Labute approximate surface area is 146 Å². The standard InChI is InChI=1S/C15H31N3S.HI/c1-4-16-14(17-11-7-8-12-19-3)18-13-15(2)9-5-6-10-15;/h4-13H2,1-3H3,(H2,16,17,18);1H. The van der Waals surface area contributed by atoms with E-state index in [1.807, 2.05) is 11.8 Å². The van der Waals surface area contributed by atoms with Crippen molar-refractivity contribution < 1.29 is 0 Å². The Morgan fingerprint density at radius 3 is 2.50 bits per heavy atom. The lowest BCUT2D eigenvalue weighted by atomic mass is 9.89. The predicted molar refractivity (Wildman–Crippen MR) is 104 cm³/mol. The maximum absolute atomic E-state index is 4.77. The molecule has 0 aliphatic heterocycles. The minimum Gasteiger partial charge on any atom is -0.357 e. The number of halogens is 1. The molecule has 0 aromatic rings. The zero-order valence-corrected chi connectivity index (χ0v) is 16.5. The summed E-state index contributed by atoms with van der Waals surface area (Å²) in [6.45, 7) is 7.44. The van der Waals surface area contributed by atoms with E-state index in [9.17, 15) is 0 Å². The van der Waals surface area contributed by atoms with Gasteiger partial charge in [-0.25, -0.2) is 0 Å². The van der Waals surface area contributed by atoms with Crippen LogP contribution in [0.15, 0.2) is 4.99 Å². The van der Waals surface area contributed by atoms with E-state index in [0.717, 1.165) is 25.6 Å².